The van der Waals surface area contributed by atoms with Gasteiger partial charge in [0.2, 0.25) is 5.91 Å². The van der Waals surface area contributed by atoms with E-state index < -0.39 is 0 Å². The lowest BCUT2D eigenvalue weighted by Gasteiger charge is -2.38. The molecule has 92 valence electrons. The number of carbonyl (C=O) groups excluding carboxylic acids is 1. The van der Waals surface area contributed by atoms with E-state index in [1.54, 1.807) is 0 Å². The zero-order valence-electron chi connectivity index (χ0n) is 10.2. The van der Waals surface area contributed by atoms with Crippen LogP contribution in [0.15, 0.2) is 0 Å². The van der Waals surface area contributed by atoms with Crippen LogP contribution < -0.4 is 5.32 Å². The molecule has 1 N–H and O–H groups in total. The number of hydrogen-bond donors (Lipinski definition) is 1. The van der Waals surface area contributed by atoms with Crippen molar-refractivity contribution in [2.45, 2.75) is 26.3 Å². The van der Waals surface area contributed by atoms with Gasteiger partial charge < -0.3 is 15.0 Å². The molecule has 0 bridgehead atoms. The average molecular weight is 226 g/mol. The molecule has 1 amide bonds. The number of nitrogens with one attached hydrogen (secondary N) is 1. The van der Waals surface area contributed by atoms with Gasteiger partial charge in [-0.1, -0.05) is 13.8 Å². The van der Waals surface area contributed by atoms with Crippen molar-refractivity contribution < 1.29 is 9.53 Å². The second-order valence-electron chi connectivity index (χ2n) is 5.28. The molecular formula is C12H22N2O2. The molecule has 4 heteroatoms. The van der Waals surface area contributed by atoms with Crippen LogP contribution in [0.1, 0.15) is 20.3 Å². The van der Waals surface area contributed by atoms with Crippen LogP contribution in [0.2, 0.25) is 0 Å². The monoisotopic (exact) mass is 226 g/mol. The molecule has 0 aromatic carbocycles. The van der Waals surface area contributed by atoms with E-state index >= 15 is 0 Å². The summed E-state index contributed by atoms with van der Waals surface area (Å²) in [6, 6.07) is 0.388. The Kier molecular flexibility index (Phi) is 3.82. The molecule has 0 aliphatic carbocycles. The molecule has 2 fully saturated rings. The fraction of sp³-hybridized carbons (Fsp3) is 0.917. The summed E-state index contributed by atoms with van der Waals surface area (Å²) in [7, 11) is 0. The van der Waals surface area contributed by atoms with Gasteiger partial charge in [-0.2, -0.15) is 0 Å². The van der Waals surface area contributed by atoms with Crippen molar-refractivity contribution in [1.82, 2.24) is 10.2 Å². The molecule has 2 heterocycles. The summed E-state index contributed by atoms with van der Waals surface area (Å²) in [6.07, 6.45) is 1.06. The van der Waals surface area contributed by atoms with E-state index in [0.29, 0.717) is 17.9 Å². The van der Waals surface area contributed by atoms with Crippen LogP contribution >= 0.6 is 0 Å². The van der Waals surface area contributed by atoms with Crippen LogP contribution in [0.25, 0.3) is 0 Å². The number of ether oxygens (including phenoxy) is 1. The fourth-order valence-electron chi connectivity index (χ4n) is 2.69. The summed E-state index contributed by atoms with van der Waals surface area (Å²) in [6.45, 7) is 8.17. The Morgan fingerprint density at radius 2 is 2.38 bits per heavy atom. The highest BCUT2D eigenvalue weighted by molar-refractivity contribution is 5.78. The predicted octanol–water partition coefficient (Wildman–Crippen LogP) is 0.479. The van der Waals surface area contributed by atoms with Crippen LogP contribution in [0.4, 0.5) is 0 Å². The molecule has 0 radical (unpaired) electrons. The number of piperidine rings is 1. The van der Waals surface area contributed by atoms with Gasteiger partial charge in [-0.3, -0.25) is 4.79 Å². The Bertz CT molecular complexity index is 255. The maximum absolute atomic E-state index is 12.0. The predicted molar refractivity (Wildman–Crippen MR) is 62.1 cm³/mol. The van der Waals surface area contributed by atoms with Crippen LogP contribution in [-0.2, 0) is 9.53 Å². The van der Waals surface area contributed by atoms with Crippen molar-refractivity contribution >= 4 is 5.91 Å². The minimum absolute atomic E-state index is 0.170. The summed E-state index contributed by atoms with van der Waals surface area (Å²) in [5.41, 5.74) is 0. The van der Waals surface area contributed by atoms with Crippen LogP contribution in [-0.4, -0.2) is 49.7 Å². The summed E-state index contributed by atoms with van der Waals surface area (Å²) in [5.74, 6) is 1.17. The first-order valence-electron chi connectivity index (χ1n) is 6.26. The van der Waals surface area contributed by atoms with Crippen molar-refractivity contribution in [2.75, 3.05) is 32.8 Å². The molecule has 0 saturated carbocycles. The Balaban J connectivity index is 2.11. The highest BCUT2D eigenvalue weighted by Crippen LogP contribution is 2.22. The van der Waals surface area contributed by atoms with Gasteiger partial charge in [0.05, 0.1) is 6.61 Å². The molecule has 0 aromatic rings. The van der Waals surface area contributed by atoms with Gasteiger partial charge in [0, 0.05) is 25.0 Å². The standard InChI is InChI=1S/C12H22N2O2/c1-9(2)6-14-11-3-4-13-5-10(11)7-16-8-12(14)15/h9-11,13H,3-8H2,1-2H3/t10-,11+/m0/s1. The molecule has 2 rings (SSSR count). The van der Waals surface area contributed by atoms with Crippen LogP contribution in [0.3, 0.4) is 0 Å². The molecule has 2 saturated heterocycles. The Labute approximate surface area is 97.3 Å². The van der Waals surface area contributed by atoms with Crippen molar-refractivity contribution in [2.24, 2.45) is 11.8 Å². The maximum atomic E-state index is 12.0. The molecule has 2 aliphatic heterocycles. The number of nitrogens with zero attached hydrogens (tertiary/aromatic N) is 1. The number of rotatable bonds is 2. The van der Waals surface area contributed by atoms with Gasteiger partial charge in [0.1, 0.15) is 6.61 Å². The van der Waals surface area contributed by atoms with E-state index in [2.05, 4.69) is 24.1 Å². The summed E-state index contributed by atoms with van der Waals surface area (Å²) in [4.78, 5) is 14.0. The summed E-state index contributed by atoms with van der Waals surface area (Å²) in [5, 5.41) is 3.38. The van der Waals surface area contributed by atoms with Gasteiger partial charge in [-0.15, -0.1) is 0 Å². The Hall–Kier alpha value is -0.610. The van der Waals surface area contributed by atoms with Gasteiger partial charge in [0.25, 0.3) is 0 Å². The first kappa shape index (κ1) is 11.9. The first-order valence-corrected chi connectivity index (χ1v) is 6.26. The van der Waals surface area contributed by atoms with Crippen molar-refractivity contribution in [1.29, 1.82) is 0 Å². The number of carbonyl (C=O) groups is 1. The third kappa shape index (κ3) is 2.55. The lowest BCUT2D eigenvalue weighted by molar-refractivity contribution is -0.136. The largest absolute Gasteiger partial charge is 0.371 e. The lowest BCUT2D eigenvalue weighted by Crippen LogP contribution is -2.52. The molecule has 0 spiro atoms. The number of fused-ring (bicyclic) bond motifs is 1. The highest BCUT2D eigenvalue weighted by atomic mass is 16.5. The molecule has 4 nitrogen and oxygen atoms in total. The van der Waals surface area contributed by atoms with E-state index in [0.717, 1.165) is 32.7 Å². The normalized spacial score (nSPS) is 31.4. The Morgan fingerprint density at radius 1 is 1.56 bits per heavy atom. The molecule has 0 aromatic heterocycles. The molecule has 16 heavy (non-hydrogen) atoms. The summed E-state index contributed by atoms with van der Waals surface area (Å²) < 4.78 is 5.46. The van der Waals surface area contributed by atoms with E-state index in [1.165, 1.54) is 0 Å². The van der Waals surface area contributed by atoms with E-state index in [-0.39, 0.29) is 12.5 Å². The third-order valence-corrected chi connectivity index (χ3v) is 3.41. The lowest BCUT2D eigenvalue weighted by atomic mass is 9.92. The van der Waals surface area contributed by atoms with Gasteiger partial charge in [0.15, 0.2) is 0 Å². The van der Waals surface area contributed by atoms with Gasteiger partial charge >= 0.3 is 0 Å². The average Bonchev–Trinajstić information content (AvgIpc) is 2.40. The zero-order valence-corrected chi connectivity index (χ0v) is 10.2. The zero-order chi connectivity index (χ0) is 11.5. The highest BCUT2D eigenvalue weighted by Gasteiger charge is 2.35. The molecule has 0 unspecified atom stereocenters. The fourth-order valence-corrected chi connectivity index (χ4v) is 2.69. The minimum atomic E-state index is 0.170. The minimum Gasteiger partial charge on any atom is -0.371 e. The van der Waals surface area contributed by atoms with Crippen LogP contribution in [0, 0.1) is 11.8 Å². The summed E-state index contributed by atoms with van der Waals surface area (Å²) >= 11 is 0. The van der Waals surface area contributed by atoms with Gasteiger partial charge in [-0.25, -0.2) is 0 Å². The van der Waals surface area contributed by atoms with E-state index in [1.807, 2.05) is 0 Å². The van der Waals surface area contributed by atoms with Crippen molar-refractivity contribution in [3.05, 3.63) is 0 Å². The smallest absolute Gasteiger partial charge is 0.248 e. The molecular weight excluding hydrogens is 204 g/mol. The molecule has 2 atom stereocenters. The maximum Gasteiger partial charge on any atom is 0.248 e. The first-order chi connectivity index (χ1) is 7.68. The Morgan fingerprint density at radius 3 is 3.12 bits per heavy atom. The van der Waals surface area contributed by atoms with Gasteiger partial charge in [-0.05, 0) is 18.9 Å². The number of hydrogen-bond acceptors (Lipinski definition) is 3. The second kappa shape index (κ2) is 5.15. The topological polar surface area (TPSA) is 41.6 Å². The van der Waals surface area contributed by atoms with E-state index in [4.69, 9.17) is 4.74 Å². The second-order valence-corrected chi connectivity index (χ2v) is 5.28. The number of amides is 1. The van der Waals surface area contributed by atoms with E-state index in [9.17, 15) is 4.79 Å². The molecule has 2 aliphatic rings. The van der Waals surface area contributed by atoms with Crippen molar-refractivity contribution in [3.63, 3.8) is 0 Å². The van der Waals surface area contributed by atoms with Crippen LogP contribution in [0.5, 0.6) is 0 Å². The van der Waals surface area contributed by atoms with Crippen molar-refractivity contribution in [3.8, 4) is 0 Å². The quantitative estimate of drug-likeness (QED) is 0.744. The third-order valence-electron chi connectivity index (χ3n) is 3.41. The SMILES string of the molecule is CC(C)CN1C(=O)COC[C@@H]2CNCC[C@H]21.